The monoisotopic (exact) mass is 889 g/mol. The van der Waals surface area contributed by atoms with Gasteiger partial charge in [-0.1, -0.05) is 84.3 Å². The minimum absolute atomic E-state index is 0.0449. The van der Waals surface area contributed by atoms with Crippen LogP contribution in [0.15, 0.2) is 66.7 Å². The average Bonchev–Trinajstić information content (AvgIpc) is 3.63. The fourth-order valence-corrected chi connectivity index (χ4v) is 8.82. The van der Waals surface area contributed by atoms with Crippen LogP contribution in [0.25, 0.3) is 0 Å². The number of unbranched alkanes of at least 4 members (excludes halogenated alkanes) is 1. The molecule has 2 fully saturated rings. The number of halogens is 1. The van der Waals surface area contributed by atoms with Crippen molar-refractivity contribution < 1.29 is 48.7 Å². The highest BCUT2D eigenvalue weighted by Gasteiger charge is 2.64. The normalized spacial score (nSPS) is 20.5. The maximum Gasteiger partial charge on any atom is 0.251 e. The predicted molar refractivity (Wildman–Crippen MR) is 234 cm³/mol. The molecule has 15 nitrogen and oxygen atoms in total. The predicted octanol–water partition coefficient (Wildman–Crippen LogP) is 4.79. The van der Waals surface area contributed by atoms with E-state index in [1.807, 2.05) is 33.8 Å². The van der Waals surface area contributed by atoms with Crippen molar-refractivity contribution in [1.82, 2.24) is 20.9 Å². The van der Waals surface area contributed by atoms with Crippen molar-refractivity contribution in [3.8, 4) is 17.6 Å². The van der Waals surface area contributed by atoms with E-state index >= 15 is 0 Å². The maximum absolute atomic E-state index is 13.9. The molecule has 1 saturated heterocycles. The van der Waals surface area contributed by atoms with Gasteiger partial charge in [0.1, 0.15) is 42.4 Å². The van der Waals surface area contributed by atoms with Crippen LogP contribution in [-0.4, -0.2) is 101 Å². The number of aliphatic hydroxyl groups excluding tert-OH is 2. The summed E-state index contributed by atoms with van der Waals surface area (Å²) in [6.07, 6.45) is -1.47. The van der Waals surface area contributed by atoms with Gasteiger partial charge in [0.05, 0.1) is 23.3 Å². The Hall–Kier alpha value is -5.24. The molecule has 1 aliphatic heterocycles. The van der Waals surface area contributed by atoms with Gasteiger partial charge in [-0.05, 0) is 60.2 Å². The molecule has 6 N–H and O–H groups in total. The largest absolute Gasteiger partial charge is 0.494 e. The van der Waals surface area contributed by atoms with Crippen LogP contribution in [0.4, 0.5) is 0 Å². The number of hydrogen-bond acceptors (Lipinski definition) is 11. The molecule has 3 atom stereocenters. The fraction of sp³-hybridized carbons (Fsp3) is 0.511. The lowest BCUT2D eigenvalue weighted by atomic mass is 9.49. The summed E-state index contributed by atoms with van der Waals surface area (Å²) in [5.74, 6) is -0.485. The maximum atomic E-state index is 13.9. The first-order valence-corrected chi connectivity index (χ1v) is 21.5. The van der Waals surface area contributed by atoms with E-state index in [0.29, 0.717) is 58.2 Å². The average molecular weight is 890 g/mol. The lowest BCUT2D eigenvalue weighted by Gasteiger charge is -2.63. The van der Waals surface area contributed by atoms with Crippen LogP contribution in [0, 0.1) is 27.6 Å². The summed E-state index contributed by atoms with van der Waals surface area (Å²) in [4.78, 5) is 54.7. The minimum atomic E-state index is -1.61. The van der Waals surface area contributed by atoms with Crippen molar-refractivity contribution in [2.24, 2.45) is 16.2 Å². The highest BCUT2D eigenvalue weighted by atomic mass is 35.5. The third-order valence-electron chi connectivity index (χ3n) is 11.8. The molecule has 1 aliphatic carbocycles. The number of carbonyl (C=O) groups excluding carboxylic acids is 4. The zero-order valence-corrected chi connectivity index (χ0v) is 37.7. The van der Waals surface area contributed by atoms with E-state index in [9.17, 15) is 39.8 Å². The van der Waals surface area contributed by atoms with Crippen LogP contribution < -0.4 is 25.4 Å². The van der Waals surface area contributed by atoms with Gasteiger partial charge in [0.25, 0.3) is 5.91 Å². The molecule has 5 rings (SSSR count). The summed E-state index contributed by atoms with van der Waals surface area (Å²) < 4.78 is 17.8. The van der Waals surface area contributed by atoms with Gasteiger partial charge in [-0.25, -0.2) is 0 Å². The third-order valence-corrected chi connectivity index (χ3v) is 12.1. The smallest absolute Gasteiger partial charge is 0.251 e. The Bertz CT molecular complexity index is 2120. The summed E-state index contributed by atoms with van der Waals surface area (Å²) in [6.45, 7) is 14.0. The summed E-state index contributed by atoms with van der Waals surface area (Å²) in [5.41, 5.74) is 0.348. The second-order valence-corrected chi connectivity index (χ2v) is 18.9. The van der Waals surface area contributed by atoms with Gasteiger partial charge in [-0.3, -0.25) is 19.2 Å². The first-order chi connectivity index (χ1) is 29.6. The Balaban J connectivity index is 1.01. The van der Waals surface area contributed by atoms with Crippen LogP contribution in [0.3, 0.4) is 0 Å². The van der Waals surface area contributed by atoms with Crippen LogP contribution in [0.5, 0.6) is 11.5 Å². The number of ether oxygens (including phenoxy) is 3. The number of likely N-dealkylation sites (tertiary alicyclic amines) is 1. The number of nitrogens with one attached hydrogen (secondary N) is 3. The van der Waals surface area contributed by atoms with Gasteiger partial charge in [-0.2, -0.15) is 5.26 Å². The highest BCUT2D eigenvalue weighted by molar-refractivity contribution is 6.31. The van der Waals surface area contributed by atoms with E-state index < -0.39 is 58.4 Å². The van der Waals surface area contributed by atoms with Crippen LogP contribution in [0.2, 0.25) is 5.02 Å². The fourth-order valence-electron chi connectivity index (χ4n) is 8.61. The van der Waals surface area contributed by atoms with Gasteiger partial charge in [0, 0.05) is 60.2 Å². The first-order valence-electron chi connectivity index (χ1n) is 21.1. The second kappa shape index (κ2) is 20.5. The van der Waals surface area contributed by atoms with E-state index in [1.165, 1.54) is 17.0 Å². The van der Waals surface area contributed by atoms with Crippen molar-refractivity contribution in [2.45, 2.75) is 111 Å². The van der Waals surface area contributed by atoms with Crippen LogP contribution in [0.1, 0.15) is 101 Å². The van der Waals surface area contributed by atoms with Gasteiger partial charge < -0.3 is 50.4 Å². The molecule has 3 aromatic carbocycles. The summed E-state index contributed by atoms with van der Waals surface area (Å²) in [5, 5.41) is 47.4. The topological polar surface area (TPSA) is 220 Å². The first kappa shape index (κ1) is 48.8. The lowest BCUT2D eigenvalue weighted by Crippen LogP contribution is -2.74. The molecule has 4 amide bonds. The molecule has 63 heavy (non-hydrogen) atoms. The summed E-state index contributed by atoms with van der Waals surface area (Å²) in [7, 11) is 0. The van der Waals surface area contributed by atoms with Gasteiger partial charge in [0.15, 0.2) is 6.29 Å². The van der Waals surface area contributed by atoms with E-state index in [0.717, 1.165) is 0 Å². The Labute approximate surface area is 374 Å². The molecule has 3 aromatic rings. The molecule has 1 saturated carbocycles. The molecule has 16 heteroatoms. The Morgan fingerprint density at radius 2 is 1.57 bits per heavy atom. The van der Waals surface area contributed by atoms with Gasteiger partial charge in [0.2, 0.25) is 17.7 Å². The Morgan fingerprint density at radius 3 is 2.17 bits per heavy atom. The quantitative estimate of drug-likeness (QED) is 0.0754. The number of amides is 4. The molecular formula is C47H60ClN5O10. The summed E-state index contributed by atoms with van der Waals surface area (Å²) >= 11 is 6.22. The lowest BCUT2D eigenvalue weighted by molar-refractivity contribution is -0.164. The number of nitrogens with zero attached hydrogens (tertiary/aromatic N) is 2. The number of aliphatic hydroxyl groups is 3. The van der Waals surface area contributed by atoms with Crippen molar-refractivity contribution in [1.29, 1.82) is 5.26 Å². The van der Waals surface area contributed by atoms with Crippen molar-refractivity contribution in [3.63, 3.8) is 0 Å². The molecule has 0 spiro atoms. The third kappa shape index (κ3) is 12.1. The van der Waals surface area contributed by atoms with Crippen molar-refractivity contribution in [2.75, 3.05) is 26.4 Å². The molecule has 340 valence electrons. The van der Waals surface area contributed by atoms with E-state index in [-0.39, 0.29) is 50.8 Å². The van der Waals surface area contributed by atoms with Crippen LogP contribution in [-0.2, 0) is 25.7 Å². The molecule has 0 radical (unpaired) electrons. The Morgan fingerprint density at radius 1 is 0.937 bits per heavy atom. The van der Waals surface area contributed by atoms with Crippen molar-refractivity contribution in [3.05, 3.63) is 94.0 Å². The number of nitriles is 1. The molecule has 1 heterocycles. The zero-order valence-electron chi connectivity index (χ0n) is 36.9. The minimum Gasteiger partial charge on any atom is -0.494 e. The number of carbonyl (C=O) groups is 4. The van der Waals surface area contributed by atoms with E-state index in [2.05, 4.69) is 16.0 Å². The Kier molecular flexibility index (Phi) is 15.9. The zero-order chi connectivity index (χ0) is 46.3. The van der Waals surface area contributed by atoms with Gasteiger partial charge >= 0.3 is 0 Å². The molecule has 0 aromatic heterocycles. The van der Waals surface area contributed by atoms with Crippen LogP contribution >= 0.6 is 11.6 Å². The molecule has 0 bridgehead atoms. The highest BCUT2D eigenvalue weighted by Crippen LogP contribution is 2.55. The van der Waals surface area contributed by atoms with E-state index in [1.54, 1.807) is 75.4 Å². The SMILES string of the molecule is CC(C)(C)[C@H](NC(=O)COCCCCOc1ccc(C(=O)N[C@H]2C(C)(C)[C@H](Oc3ccc(C#N)c(Cl)c3)C2(C)C)cc1)C(=O)N1C[C@H](O)C[C@H]1C(=O)NCc1ccc(C(O)O)cc1. The molecule has 2 aliphatic rings. The summed E-state index contributed by atoms with van der Waals surface area (Å²) in [6, 6.07) is 18.2. The van der Waals surface area contributed by atoms with Gasteiger partial charge in [-0.15, -0.1) is 0 Å². The standard InChI is InChI=1S/C47H60ClN5O10/c1-45(2,3)38(41(58)53-26-32(54)22-36(53)40(57)50-25-28-10-12-30(13-11-28)42(59)60)51-37(55)27-61-20-8-9-21-62-33-17-14-29(15-18-33)39(56)52-43-46(4,5)44(47(43,6)7)63-34-19-16-31(24-49)35(48)23-34/h10-19,23,32,36,38,42-44,54,59-60H,8-9,20-22,25-27H2,1-7H3,(H,50,57)(H,51,55)(H,52,56)/t32-,36+,38-,43-,44-/m1/s1. The van der Waals surface area contributed by atoms with E-state index in [4.69, 9.17) is 25.8 Å². The number of hydrogen-bond donors (Lipinski definition) is 6. The second-order valence-electron chi connectivity index (χ2n) is 18.5. The molecular weight excluding hydrogens is 830 g/mol. The number of rotatable bonds is 18. The number of benzene rings is 3. The molecule has 0 unspecified atom stereocenters. The van der Waals surface area contributed by atoms with Crippen molar-refractivity contribution >= 4 is 35.2 Å². The number of β-amino-alcohol motifs (C(OH)–C–C–N with tert-alkyl or cyclic N) is 1.